The minimum Gasteiger partial charge on any atom is -0.493 e. The molecule has 172 valence electrons. The number of methoxy groups -OCH3 is 1. The van der Waals surface area contributed by atoms with Crippen LogP contribution in [0.15, 0.2) is 72.9 Å². The second-order valence-corrected chi connectivity index (χ2v) is 7.10. The van der Waals surface area contributed by atoms with Gasteiger partial charge in [0.1, 0.15) is 6.61 Å². The summed E-state index contributed by atoms with van der Waals surface area (Å²) >= 11 is 0. The van der Waals surface area contributed by atoms with Gasteiger partial charge in [-0.15, -0.1) is 6.42 Å². The van der Waals surface area contributed by atoms with Gasteiger partial charge in [-0.2, -0.15) is 0 Å². The molecule has 7 heteroatoms. The number of terminal acetylenes is 1. The lowest BCUT2D eigenvalue weighted by Gasteiger charge is -2.11. The Morgan fingerprint density at radius 2 is 1.91 bits per heavy atom. The van der Waals surface area contributed by atoms with Crippen LogP contribution in [0.4, 0.5) is 5.69 Å². The Labute approximate surface area is 198 Å². The first-order valence-corrected chi connectivity index (χ1v) is 10.6. The maximum absolute atomic E-state index is 12.7. The predicted octanol–water partition coefficient (Wildman–Crippen LogP) is 3.73. The second-order valence-electron chi connectivity index (χ2n) is 7.10. The van der Waals surface area contributed by atoms with E-state index < -0.39 is 0 Å². The van der Waals surface area contributed by atoms with Gasteiger partial charge in [-0.25, -0.2) is 0 Å². The minimum atomic E-state index is -0.375. The van der Waals surface area contributed by atoms with Gasteiger partial charge in [-0.3, -0.25) is 14.6 Å². The summed E-state index contributed by atoms with van der Waals surface area (Å²) in [7, 11) is 1.52. The number of benzene rings is 2. The van der Waals surface area contributed by atoms with E-state index in [1.54, 1.807) is 54.7 Å². The van der Waals surface area contributed by atoms with Gasteiger partial charge in [0.15, 0.2) is 11.5 Å². The minimum absolute atomic E-state index is 0.129. The van der Waals surface area contributed by atoms with Crippen LogP contribution in [0.2, 0.25) is 0 Å². The van der Waals surface area contributed by atoms with Crippen molar-refractivity contribution in [2.45, 2.75) is 6.42 Å². The standard InChI is InChI=1S/C27H25N3O4/c1-3-18-34-24-13-11-20(19-25(24)33-2)12-14-26(31)30-23-10-5-4-9-22(23)27(32)29-17-15-21-8-6-7-16-28-21/h1,4-14,16,19H,15,17-18H2,2H3,(H,29,32)(H,30,31)/b14-12+. The quantitative estimate of drug-likeness (QED) is 0.359. The van der Waals surface area contributed by atoms with Gasteiger partial charge >= 0.3 is 0 Å². The summed E-state index contributed by atoms with van der Waals surface area (Å²) in [6, 6.07) is 17.7. The topological polar surface area (TPSA) is 89.5 Å². The summed E-state index contributed by atoms with van der Waals surface area (Å²) in [5, 5.41) is 5.63. The van der Waals surface area contributed by atoms with Crippen molar-refractivity contribution in [3.8, 4) is 23.8 Å². The number of ether oxygens (including phenoxy) is 2. The number of hydrogen-bond donors (Lipinski definition) is 2. The predicted molar refractivity (Wildman–Crippen MR) is 132 cm³/mol. The SMILES string of the molecule is C#CCOc1ccc(/C=C/C(=O)Nc2ccccc2C(=O)NCCc2ccccn2)cc1OC. The van der Waals surface area contributed by atoms with Crippen molar-refractivity contribution in [2.75, 3.05) is 25.6 Å². The molecule has 7 nitrogen and oxygen atoms in total. The molecule has 0 saturated heterocycles. The van der Waals surface area contributed by atoms with Crippen molar-refractivity contribution in [2.24, 2.45) is 0 Å². The Hall–Kier alpha value is -4.57. The second kappa shape index (κ2) is 12.5. The molecule has 0 spiro atoms. The highest BCUT2D eigenvalue weighted by atomic mass is 16.5. The maximum atomic E-state index is 12.7. The molecule has 3 aromatic rings. The number of aromatic nitrogens is 1. The number of nitrogens with one attached hydrogen (secondary N) is 2. The van der Waals surface area contributed by atoms with E-state index in [9.17, 15) is 9.59 Å². The summed E-state index contributed by atoms with van der Waals surface area (Å²) in [6.45, 7) is 0.561. The van der Waals surface area contributed by atoms with Gasteiger partial charge in [0.05, 0.1) is 18.4 Å². The van der Waals surface area contributed by atoms with Crippen molar-refractivity contribution in [1.82, 2.24) is 10.3 Å². The zero-order valence-corrected chi connectivity index (χ0v) is 18.8. The molecule has 0 saturated carbocycles. The van der Waals surface area contributed by atoms with E-state index >= 15 is 0 Å². The number of hydrogen-bond acceptors (Lipinski definition) is 5. The number of nitrogens with zero attached hydrogens (tertiary/aromatic N) is 1. The van der Waals surface area contributed by atoms with Crippen LogP contribution in [0.3, 0.4) is 0 Å². The number of amides is 2. The number of carbonyl (C=O) groups excluding carboxylic acids is 2. The summed E-state index contributed by atoms with van der Waals surface area (Å²) in [5.74, 6) is 2.77. The van der Waals surface area contributed by atoms with Crippen LogP contribution in [0.1, 0.15) is 21.6 Å². The summed E-state index contributed by atoms with van der Waals surface area (Å²) < 4.78 is 10.7. The van der Waals surface area contributed by atoms with Gasteiger partial charge in [-0.05, 0) is 48.0 Å². The Morgan fingerprint density at radius 3 is 2.68 bits per heavy atom. The molecule has 34 heavy (non-hydrogen) atoms. The molecule has 2 aromatic carbocycles. The third kappa shape index (κ3) is 6.97. The fourth-order valence-electron chi connectivity index (χ4n) is 3.11. The summed E-state index contributed by atoms with van der Waals surface area (Å²) in [4.78, 5) is 29.4. The number of carbonyl (C=O) groups is 2. The smallest absolute Gasteiger partial charge is 0.253 e. The highest BCUT2D eigenvalue weighted by Gasteiger charge is 2.12. The number of pyridine rings is 1. The molecular formula is C27H25N3O4. The molecule has 0 atom stereocenters. The van der Waals surface area contributed by atoms with Crippen molar-refractivity contribution in [1.29, 1.82) is 0 Å². The van der Waals surface area contributed by atoms with Crippen LogP contribution in [0.25, 0.3) is 6.08 Å². The van der Waals surface area contributed by atoms with E-state index in [1.807, 2.05) is 18.2 Å². The molecule has 1 aromatic heterocycles. The number of rotatable bonds is 10. The molecule has 0 aliphatic carbocycles. The van der Waals surface area contributed by atoms with Crippen LogP contribution < -0.4 is 20.1 Å². The fraction of sp³-hybridized carbons (Fsp3) is 0.148. The Balaban J connectivity index is 1.61. The van der Waals surface area contributed by atoms with Crippen molar-refractivity contribution < 1.29 is 19.1 Å². The van der Waals surface area contributed by atoms with E-state index in [0.29, 0.717) is 35.7 Å². The van der Waals surface area contributed by atoms with Crippen LogP contribution in [-0.2, 0) is 11.2 Å². The average Bonchev–Trinajstić information content (AvgIpc) is 2.87. The normalized spacial score (nSPS) is 10.4. The maximum Gasteiger partial charge on any atom is 0.253 e. The summed E-state index contributed by atoms with van der Waals surface area (Å²) in [5.41, 5.74) is 2.42. The molecular weight excluding hydrogens is 430 g/mol. The zero-order chi connectivity index (χ0) is 24.2. The van der Waals surface area contributed by atoms with Crippen LogP contribution >= 0.6 is 0 Å². The summed E-state index contributed by atoms with van der Waals surface area (Å²) in [6.07, 6.45) is 10.6. The Morgan fingerprint density at radius 1 is 1.09 bits per heavy atom. The first-order valence-electron chi connectivity index (χ1n) is 10.6. The Kier molecular flexibility index (Phi) is 8.83. The first kappa shape index (κ1) is 24.1. The van der Waals surface area contributed by atoms with E-state index in [0.717, 1.165) is 11.3 Å². The van der Waals surface area contributed by atoms with E-state index in [-0.39, 0.29) is 18.4 Å². The highest BCUT2D eigenvalue weighted by Crippen LogP contribution is 2.28. The molecule has 0 fully saturated rings. The number of anilines is 1. The largest absolute Gasteiger partial charge is 0.493 e. The van der Waals surface area contributed by atoms with Gasteiger partial charge in [0.25, 0.3) is 5.91 Å². The lowest BCUT2D eigenvalue weighted by molar-refractivity contribution is -0.111. The molecule has 0 aliphatic rings. The molecule has 0 bridgehead atoms. The lowest BCUT2D eigenvalue weighted by atomic mass is 10.1. The van der Waals surface area contributed by atoms with Crippen molar-refractivity contribution in [3.05, 3.63) is 89.8 Å². The van der Waals surface area contributed by atoms with Crippen LogP contribution in [0.5, 0.6) is 11.5 Å². The van der Waals surface area contributed by atoms with Crippen LogP contribution in [0, 0.1) is 12.3 Å². The zero-order valence-electron chi connectivity index (χ0n) is 18.8. The van der Waals surface area contributed by atoms with Gasteiger partial charge < -0.3 is 20.1 Å². The first-order chi connectivity index (χ1) is 16.6. The molecule has 2 amide bonds. The molecule has 0 aliphatic heterocycles. The van der Waals surface area contributed by atoms with Crippen LogP contribution in [-0.4, -0.2) is 37.1 Å². The van der Waals surface area contributed by atoms with Gasteiger partial charge in [-0.1, -0.05) is 30.2 Å². The molecule has 0 unspecified atom stereocenters. The highest BCUT2D eigenvalue weighted by molar-refractivity contribution is 6.07. The van der Waals surface area contributed by atoms with Gasteiger partial charge in [0, 0.05) is 30.9 Å². The van der Waals surface area contributed by atoms with Crippen molar-refractivity contribution in [3.63, 3.8) is 0 Å². The molecule has 1 heterocycles. The third-order valence-corrected chi connectivity index (χ3v) is 4.75. The van der Waals surface area contributed by atoms with Gasteiger partial charge in [0.2, 0.25) is 5.91 Å². The Bertz CT molecular complexity index is 1200. The lowest BCUT2D eigenvalue weighted by Crippen LogP contribution is -2.27. The average molecular weight is 456 g/mol. The molecule has 2 N–H and O–H groups in total. The van der Waals surface area contributed by atoms with E-state index in [1.165, 1.54) is 13.2 Å². The van der Waals surface area contributed by atoms with E-state index in [2.05, 4.69) is 21.5 Å². The van der Waals surface area contributed by atoms with Crippen molar-refractivity contribution >= 4 is 23.6 Å². The molecule has 0 radical (unpaired) electrons. The van der Waals surface area contributed by atoms with E-state index in [4.69, 9.17) is 15.9 Å². The monoisotopic (exact) mass is 455 g/mol. The fourth-order valence-corrected chi connectivity index (χ4v) is 3.11. The third-order valence-electron chi connectivity index (χ3n) is 4.75. The molecule has 3 rings (SSSR count). The number of para-hydroxylation sites is 1.